The van der Waals surface area contributed by atoms with E-state index in [4.69, 9.17) is 5.73 Å². The van der Waals surface area contributed by atoms with Gasteiger partial charge in [-0.2, -0.15) is 0 Å². The smallest absolute Gasteiger partial charge is 0.0334 e. The van der Waals surface area contributed by atoms with E-state index in [1.165, 1.54) is 36.1 Å². The maximum atomic E-state index is 6.34. The van der Waals surface area contributed by atoms with Gasteiger partial charge in [-0.15, -0.1) is 11.3 Å². The lowest BCUT2D eigenvalue weighted by atomic mass is 9.88. The van der Waals surface area contributed by atoms with E-state index in [9.17, 15) is 0 Å². The van der Waals surface area contributed by atoms with Crippen molar-refractivity contribution >= 4 is 11.3 Å². The summed E-state index contributed by atoms with van der Waals surface area (Å²) in [5.41, 5.74) is 7.71. The molecule has 0 aromatic carbocycles. The standard InChI is InChI=1S/C13H23NS/c1-4-6-7-11(5-2)13(14)12-8-9-15-10(12)3/h8-9,11,13H,4-7,14H2,1-3H3. The Bertz CT molecular complexity index is 280. The Morgan fingerprint density at radius 3 is 2.60 bits per heavy atom. The number of rotatable bonds is 6. The van der Waals surface area contributed by atoms with Gasteiger partial charge in [0.25, 0.3) is 0 Å². The van der Waals surface area contributed by atoms with Crippen LogP contribution in [0.2, 0.25) is 0 Å². The molecule has 1 nitrogen and oxygen atoms in total. The first kappa shape index (κ1) is 12.7. The van der Waals surface area contributed by atoms with Gasteiger partial charge in [0.15, 0.2) is 0 Å². The van der Waals surface area contributed by atoms with Crippen molar-refractivity contribution in [3.63, 3.8) is 0 Å². The second-order valence-corrected chi connectivity index (χ2v) is 5.39. The van der Waals surface area contributed by atoms with E-state index in [0.29, 0.717) is 5.92 Å². The number of hydrogen-bond acceptors (Lipinski definition) is 2. The van der Waals surface area contributed by atoms with Crippen molar-refractivity contribution in [1.82, 2.24) is 0 Å². The van der Waals surface area contributed by atoms with Gasteiger partial charge in [-0.25, -0.2) is 0 Å². The van der Waals surface area contributed by atoms with Crippen molar-refractivity contribution in [1.29, 1.82) is 0 Å². The van der Waals surface area contributed by atoms with Gasteiger partial charge in [0.1, 0.15) is 0 Å². The molecule has 0 saturated heterocycles. The Hall–Kier alpha value is -0.340. The Balaban J connectivity index is 2.64. The normalized spacial score (nSPS) is 15.2. The van der Waals surface area contributed by atoms with Gasteiger partial charge < -0.3 is 5.73 Å². The molecule has 0 radical (unpaired) electrons. The minimum absolute atomic E-state index is 0.243. The monoisotopic (exact) mass is 225 g/mol. The van der Waals surface area contributed by atoms with Crippen molar-refractivity contribution < 1.29 is 0 Å². The lowest BCUT2D eigenvalue weighted by Crippen LogP contribution is -2.21. The first-order valence-corrected chi connectivity index (χ1v) is 6.88. The highest BCUT2D eigenvalue weighted by molar-refractivity contribution is 7.10. The van der Waals surface area contributed by atoms with Crippen molar-refractivity contribution in [2.24, 2.45) is 11.7 Å². The van der Waals surface area contributed by atoms with Gasteiger partial charge in [-0.3, -0.25) is 0 Å². The molecular formula is C13H23NS. The van der Waals surface area contributed by atoms with Gasteiger partial charge in [-0.05, 0) is 36.3 Å². The third kappa shape index (κ3) is 3.32. The maximum Gasteiger partial charge on any atom is 0.0334 e. The van der Waals surface area contributed by atoms with E-state index in [1.807, 2.05) is 0 Å². The highest BCUT2D eigenvalue weighted by atomic mass is 32.1. The molecule has 1 aromatic heterocycles. The number of hydrogen-bond donors (Lipinski definition) is 1. The molecule has 2 N–H and O–H groups in total. The minimum Gasteiger partial charge on any atom is -0.324 e. The van der Waals surface area contributed by atoms with Crippen LogP contribution in [-0.4, -0.2) is 0 Å². The summed E-state index contributed by atoms with van der Waals surface area (Å²) in [6.07, 6.45) is 5.03. The van der Waals surface area contributed by atoms with Crippen LogP contribution in [0.3, 0.4) is 0 Å². The summed E-state index contributed by atoms with van der Waals surface area (Å²) in [6, 6.07) is 2.44. The van der Waals surface area contributed by atoms with Crippen LogP contribution < -0.4 is 5.73 Å². The predicted octanol–water partition coefficient (Wildman–Crippen LogP) is 4.27. The molecule has 0 aliphatic heterocycles. The van der Waals surface area contributed by atoms with Crippen LogP contribution in [0.5, 0.6) is 0 Å². The van der Waals surface area contributed by atoms with E-state index in [-0.39, 0.29) is 6.04 Å². The Morgan fingerprint density at radius 2 is 2.13 bits per heavy atom. The fourth-order valence-corrected chi connectivity index (χ4v) is 2.86. The SMILES string of the molecule is CCCCC(CC)C(N)c1ccsc1C. The zero-order valence-corrected chi connectivity index (χ0v) is 10.9. The van der Waals surface area contributed by atoms with E-state index in [1.54, 1.807) is 11.3 Å². The lowest BCUT2D eigenvalue weighted by Gasteiger charge is -2.22. The molecule has 1 heterocycles. The summed E-state index contributed by atoms with van der Waals surface area (Å²) in [4.78, 5) is 1.39. The fourth-order valence-electron chi connectivity index (χ4n) is 2.10. The second kappa shape index (κ2) is 6.29. The first-order valence-electron chi connectivity index (χ1n) is 6.00. The summed E-state index contributed by atoms with van der Waals surface area (Å²) < 4.78 is 0. The average Bonchev–Trinajstić information content (AvgIpc) is 2.65. The lowest BCUT2D eigenvalue weighted by molar-refractivity contribution is 0.378. The molecule has 1 aromatic rings. The summed E-state index contributed by atoms with van der Waals surface area (Å²) in [6.45, 7) is 6.67. The van der Waals surface area contributed by atoms with Gasteiger partial charge in [0.05, 0.1) is 0 Å². The van der Waals surface area contributed by atoms with E-state index in [0.717, 1.165) is 0 Å². The largest absolute Gasteiger partial charge is 0.324 e. The molecule has 86 valence electrons. The molecule has 2 atom stereocenters. The van der Waals surface area contributed by atoms with Crippen LogP contribution in [0.25, 0.3) is 0 Å². The average molecular weight is 225 g/mol. The fraction of sp³-hybridized carbons (Fsp3) is 0.692. The van der Waals surface area contributed by atoms with Gasteiger partial charge >= 0.3 is 0 Å². The van der Waals surface area contributed by atoms with Crippen LogP contribution in [0, 0.1) is 12.8 Å². The molecule has 0 saturated carbocycles. The summed E-state index contributed by atoms with van der Waals surface area (Å²) in [5.74, 6) is 0.651. The van der Waals surface area contributed by atoms with Crippen LogP contribution >= 0.6 is 11.3 Å². The third-order valence-electron chi connectivity index (χ3n) is 3.22. The zero-order chi connectivity index (χ0) is 11.3. The van der Waals surface area contributed by atoms with Gasteiger partial charge in [0.2, 0.25) is 0 Å². The molecule has 0 aliphatic carbocycles. The van der Waals surface area contributed by atoms with Crippen molar-refractivity contribution in [2.45, 2.75) is 52.5 Å². The van der Waals surface area contributed by atoms with Crippen molar-refractivity contribution in [3.05, 3.63) is 21.9 Å². The molecule has 0 spiro atoms. The first-order chi connectivity index (χ1) is 7.20. The minimum atomic E-state index is 0.243. The molecule has 2 heteroatoms. The highest BCUT2D eigenvalue weighted by Gasteiger charge is 2.19. The van der Waals surface area contributed by atoms with Crippen molar-refractivity contribution in [2.75, 3.05) is 0 Å². The van der Waals surface area contributed by atoms with E-state index in [2.05, 4.69) is 32.2 Å². The maximum absolute atomic E-state index is 6.34. The highest BCUT2D eigenvalue weighted by Crippen LogP contribution is 2.30. The predicted molar refractivity (Wildman–Crippen MR) is 69.3 cm³/mol. The molecule has 2 unspecified atom stereocenters. The van der Waals surface area contributed by atoms with Crippen molar-refractivity contribution in [3.8, 4) is 0 Å². The summed E-state index contributed by atoms with van der Waals surface area (Å²) in [5, 5.41) is 2.15. The molecular weight excluding hydrogens is 202 g/mol. The number of nitrogens with two attached hydrogens (primary N) is 1. The topological polar surface area (TPSA) is 26.0 Å². The van der Waals surface area contributed by atoms with Crippen LogP contribution in [0.15, 0.2) is 11.4 Å². The number of aryl methyl sites for hydroxylation is 1. The molecule has 0 amide bonds. The Kier molecular flexibility index (Phi) is 5.34. The molecule has 0 fully saturated rings. The Labute approximate surface area is 97.7 Å². The quantitative estimate of drug-likeness (QED) is 0.768. The molecule has 0 aliphatic rings. The van der Waals surface area contributed by atoms with Gasteiger partial charge in [-0.1, -0.05) is 33.1 Å². The van der Waals surface area contributed by atoms with Crippen LogP contribution in [0.4, 0.5) is 0 Å². The van der Waals surface area contributed by atoms with E-state index < -0.39 is 0 Å². The van der Waals surface area contributed by atoms with Crippen LogP contribution in [0.1, 0.15) is 56.0 Å². The number of thiophene rings is 1. The summed E-state index contributed by atoms with van der Waals surface area (Å²) in [7, 11) is 0. The second-order valence-electron chi connectivity index (χ2n) is 4.27. The number of unbranched alkanes of at least 4 members (excludes halogenated alkanes) is 1. The molecule has 1 rings (SSSR count). The summed E-state index contributed by atoms with van der Waals surface area (Å²) >= 11 is 1.80. The van der Waals surface area contributed by atoms with E-state index >= 15 is 0 Å². The Morgan fingerprint density at radius 1 is 1.40 bits per heavy atom. The zero-order valence-electron chi connectivity index (χ0n) is 10.1. The molecule has 0 bridgehead atoms. The van der Waals surface area contributed by atoms with Crippen LogP contribution in [-0.2, 0) is 0 Å². The third-order valence-corrected chi connectivity index (χ3v) is 4.08. The molecule has 15 heavy (non-hydrogen) atoms. The van der Waals surface area contributed by atoms with Gasteiger partial charge in [0, 0.05) is 10.9 Å².